The van der Waals surface area contributed by atoms with E-state index in [2.05, 4.69) is 14.9 Å². The third-order valence-corrected chi connectivity index (χ3v) is 5.12. The Hall–Kier alpha value is -3.13. The second kappa shape index (κ2) is 9.38. The normalized spacial score (nSPS) is 16.4. The van der Waals surface area contributed by atoms with Gasteiger partial charge in [0.1, 0.15) is 5.69 Å². The average Bonchev–Trinajstić information content (AvgIpc) is 3.24. The quantitative estimate of drug-likeness (QED) is 0.684. The van der Waals surface area contributed by atoms with Crippen molar-refractivity contribution in [2.24, 2.45) is 5.73 Å². The molecule has 2 aromatic rings. The van der Waals surface area contributed by atoms with Crippen molar-refractivity contribution in [3.63, 3.8) is 0 Å². The van der Waals surface area contributed by atoms with E-state index < -0.39 is 0 Å². The van der Waals surface area contributed by atoms with Crippen LogP contribution >= 0.6 is 0 Å². The highest BCUT2D eigenvalue weighted by Gasteiger charge is 2.30. The number of likely N-dealkylation sites (N-methyl/N-ethyl adjacent to an activating group) is 1. The Balaban J connectivity index is 1.85. The molecule has 1 aliphatic heterocycles. The number of H-pyrrole nitrogens is 1. The van der Waals surface area contributed by atoms with Gasteiger partial charge in [-0.15, -0.1) is 0 Å². The van der Waals surface area contributed by atoms with Crippen molar-refractivity contribution in [1.82, 2.24) is 14.9 Å². The number of carbonyl (C=O) groups excluding carboxylic acids is 1. The van der Waals surface area contributed by atoms with E-state index in [-0.39, 0.29) is 17.5 Å². The number of nitrogens with two attached hydrogens (primary N) is 1. The summed E-state index contributed by atoms with van der Waals surface area (Å²) < 4.78 is 5.20. The summed E-state index contributed by atoms with van der Waals surface area (Å²) in [5.41, 5.74) is 7.65. The van der Waals surface area contributed by atoms with Gasteiger partial charge in [0.2, 0.25) is 11.8 Å². The maximum absolute atomic E-state index is 12.6. The highest BCUT2D eigenvalue weighted by atomic mass is 16.5. The monoisotopic (exact) mass is 397 g/mol. The lowest BCUT2D eigenvalue weighted by molar-refractivity contribution is -0.125. The molecule has 3 N–H and O–H groups in total. The van der Waals surface area contributed by atoms with Gasteiger partial charge in [0, 0.05) is 62.3 Å². The molecule has 8 nitrogen and oxygen atoms in total. The van der Waals surface area contributed by atoms with Crippen LogP contribution in [0.5, 0.6) is 5.88 Å². The number of likely N-dealkylation sites (tertiary alicyclic amines) is 1. The van der Waals surface area contributed by atoms with Gasteiger partial charge in [0.25, 0.3) is 5.56 Å². The van der Waals surface area contributed by atoms with Crippen LogP contribution in [0.3, 0.4) is 0 Å². The summed E-state index contributed by atoms with van der Waals surface area (Å²) in [4.78, 5) is 35.7. The van der Waals surface area contributed by atoms with E-state index in [0.29, 0.717) is 37.7 Å². The fraction of sp³-hybridized carbons (Fsp3) is 0.381. The number of anilines is 1. The third kappa shape index (κ3) is 4.65. The minimum absolute atomic E-state index is 0.0412. The van der Waals surface area contributed by atoms with Crippen LogP contribution in [0, 0.1) is 0 Å². The summed E-state index contributed by atoms with van der Waals surface area (Å²) in [6.07, 6.45) is 7.35. The molecule has 1 fully saturated rings. The summed E-state index contributed by atoms with van der Waals surface area (Å²) in [5.74, 6) is 0.471. The Morgan fingerprint density at radius 3 is 3.00 bits per heavy atom. The second-order valence-electron chi connectivity index (χ2n) is 6.84. The summed E-state index contributed by atoms with van der Waals surface area (Å²) in [5, 5.41) is 0. The molecular formula is C21H27N5O3. The standard InChI is InChI=1S/C21H27N5O3/c1-3-26(17-7-10-25(14-17)20(27)5-4-8-22)18-11-16(13-24-21(18)28)15-6-9-23-19(12-15)29-2/h4-6,9,11-13,17H,3,7-8,10,14,22H2,1-2H3,(H,24,28)/t17-/m1/s1. The zero-order valence-electron chi connectivity index (χ0n) is 16.8. The van der Waals surface area contributed by atoms with Gasteiger partial charge in [-0.05, 0) is 31.0 Å². The van der Waals surface area contributed by atoms with Crippen molar-refractivity contribution < 1.29 is 9.53 Å². The Labute approximate surface area is 170 Å². The third-order valence-electron chi connectivity index (χ3n) is 5.12. The first kappa shape index (κ1) is 20.6. The molecule has 0 bridgehead atoms. The number of nitrogens with one attached hydrogen (secondary N) is 1. The van der Waals surface area contributed by atoms with E-state index in [9.17, 15) is 9.59 Å². The summed E-state index contributed by atoms with van der Waals surface area (Å²) in [6, 6.07) is 5.66. The lowest BCUT2D eigenvalue weighted by atomic mass is 10.1. The van der Waals surface area contributed by atoms with Crippen molar-refractivity contribution in [2.45, 2.75) is 19.4 Å². The van der Waals surface area contributed by atoms with Crippen LogP contribution in [0.2, 0.25) is 0 Å². The number of amides is 1. The number of aromatic nitrogens is 2. The predicted molar refractivity (Wildman–Crippen MR) is 113 cm³/mol. The number of hydrogen-bond acceptors (Lipinski definition) is 6. The number of pyridine rings is 2. The number of methoxy groups -OCH3 is 1. The maximum atomic E-state index is 12.6. The van der Waals surface area contributed by atoms with Crippen LogP contribution in [0.15, 0.2) is 47.5 Å². The second-order valence-corrected chi connectivity index (χ2v) is 6.84. The van der Waals surface area contributed by atoms with E-state index in [1.807, 2.05) is 25.1 Å². The van der Waals surface area contributed by atoms with Crippen molar-refractivity contribution in [1.29, 1.82) is 0 Å². The van der Waals surface area contributed by atoms with Gasteiger partial charge >= 0.3 is 0 Å². The molecule has 3 heterocycles. The first-order chi connectivity index (χ1) is 14.1. The number of aromatic amines is 1. The van der Waals surface area contributed by atoms with Crippen molar-refractivity contribution in [3.05, 3.63) is 53.1 Å². The molecular weight excluding hydrogens is 370 g/mol. The molecule has 8 heteroatoms. The van der Waals surface area contributed by atoms with Crippen LogP contribution < -0.4 is 20.9 Å². The van der Waals surface area contributed by atoms with E-state index >= 15 is 0 Å². The van der Waals surface area contributed by atoms with Gasteiger partial charge in [-0.25, -0.2) is 4.98 Å². The van der Waals surface area contributed by atoms with Crippen molar-refractivity contribution >= 4 is 11.6 Å². The molecule has 0 spiro atoms. The molecule has 1 amide bonds. The van der Waals surface area contributed by atoms with Crippen LogP contribution in [-0.2, 0) is 4.79 Å². The number of carbonyl (C=O) groups is 1. The fourth-order valence-electron chi connectivity index (χ4n) is 3.65. The Kier molecular flexibility index (Phi) is 6.66. The van der Waals surface area contributed by atoms with Crippen molar-refractivity contribution in [3.8, 4) is 17.0 Å². The lowest BCUT2D eigenvalue weighted by Gasteiger charge is -2.29. The zero-order chi connectivity index (χ0) is 20.8. The van der Waals surface area contributed by atoms with E-state index in [1.54, 1.807) is 30.5 Å². The van der Waals surface area contributed by atoms with Gasteiger partial charge < -0.3 is 25.3 Å². The molecule has 0 aliphatic carbocycles. The fourth-order valence-corrected chi connectivity index (χ4v) is 3.65. The molecule has 29 heavy (non-hydrogen) atoms. The van der Waals surface area contributed by atoms with Gasteiger partial charge in [-0.3, -0.25) is 9.59 Å². The van der Waals surface area contributed by atoms with Crippen LogP contribution in [0.25, 0.3) is 11.1 Å². The topological polar surface area (TPSA) is 105 Å². The Morgan fingerprint density at radius 2 is 2.28 bits per heavy atom. The smallest absolute Gasteiger partial charge is 0.271 e. The SMILES string of the molecule is CCN(c1cc(-c2ccnc(OC)c2)c[nH]c1=O)[C@@H]1CCN(C(=O)C=CCN)C1. The molecule has 1 atom stereocenters. The molecule has 0 radical (unpaired) electrons. The average molecular weight is 397 g/mol. The number of hydrogen-bond donors (Lipinski definition) is 2. The van der Waals surface area contributed by atoms with Gasteiger partial charge in [0.15, 0.2) is 0 Å². The highest BCUT2D eigenvalue weighted by Crippen LogP contribution is 2.26. The summed E-state index contributed by atoms with van der Waals surface area (Å²) >= 11 is 0. The molecule has 154 valence electrons. The van der Waals surface area contributed by atoms with Crippen LogP contribution in [-0.4, -0.2) is 60.1 Å². The minimum Gasteiger partial charge on any atom is -0.481 e. The number of nitrogens with zero attached hydrogens (tertiary/aromatic N) is 3. The van der Waals surface area contributed by atoms with Gasteiger partial charge in [0.05, 0.1) is 7.11 Å². The minimum atomic E-state index is -0.149. The van der Waals surface area contributed by atoms with Crippen LogP contribution in [0.1, 0.15) is 13.3 Å². The first-order valence-electron chi connectivity index (χ1n) is 9.72. The zero-order valence-corrected chi connectivity index (χ0v) is 16.8. The first-order valence-corrected chi connectivity index (χ1v) is 9.72. The summed E-state index contributed by atoms with van der Waals surface area (Å²) in [7, 11) is 1.57. The van der Waals surface area contributed by atoms with Gasteiger partial charge in [-0.1, -0.05) is 6.08 Å². The van der Waals surface area contributed by atoms with E-state index in [0.717, 1.165) is 17.5 Å². The molecule has 2 aromatic heterocycles. The molecule has 0 saturated carbocycles. The molecule has 0 aromatic carbocycles. The largest absolute Gasteiger partial charge is 0.481 e. The Bertz CT molecular complexity index is 940. The maximum Gasteiger partial charge on any atom is 0.271 e. The van der Waals surface area contributed by atoms with Gasteiger partial charge in [-0.2, -0.15) is 0 Å². The lowest BCUT2D eigenvalue weighted by Crippen LogP contribution is -2.41. The van der Waals surface area contributed by atoms with E-state index in [4.69, 9.17) is 10.5 Å². The van der Waals surface area contributed by atoms with Crippen LogP contribution in [0.4, 0.5) is 5.69 Å². The molecule has 3 rings (SSSR count). The Morgan fingerprint density at radius 1 is 1.45 bits per heavy atom. The number of ether oxygens (including phenoxy) is 1. The van der Waals surface area contributed by atoms with E-state index in [1.165, 1.54) is 6.08 Å². The summed E-state index contributed by atoms with van der Waals surface area (Å²) in [6.45, 7) is 4.26. The molecule has 1 saturated heterocycles. The predicted octanol–water partition coefficient (Wildman–Crippen LogP) is 1.39. The molecule has 0 unspecified atom stereocenters. The van der Waals surface area contributed by atoms with Crippen molar-refractivity contribution in [2.75, 3.05) is 38.2 Å². The highest BCUT2D eigenvalue weighted by molar-refractivity contribution is 5.88. The molecule has 1 aliphatic rings. The number of rotatable bonds is 7.